The van der Waals surface area contributed by atoms with Crippen molar-refractivity contribution in [3.8, 4) is 0 Å². The molecule has 116 valence electrons. The third-order valence-corrected chi connectivity index (χ3v) is 4.41. The van der Waals surface area contributed by atoms with Crippen LogP contribution in [-0.2, 0) is 6.54 Å². The van der Waals surface area contributed by atoms with Gasteiger partial charge in [-0.25, -0.2) is 9.37 Å². The molecule has 0 spiro atoms. The average molecular weight is 321 g/mol. The average Bonchev–Trinajstić information content (AvgIpc) is 3.16. The Bertz CT molecular complexity index is 609. The second kappa shape index (κ2) is 6.89. The number of halogens is 1. The number of alkyl halides is 1. The quantitative estimate of drug-likeness (QED) is 0.898. The van der Waals surface area contributed by atoms with Gasteiger partial charge in [-0.15, -0.1) is 11.3 Å². The van der Waals surface area contributed by atoms with E-state index >= 15 is 0 Å². The summed E-state index contributed by atoms with van der Waals surface area (Å²) in [5.74, 6) is -0.216. The summed E-state index contributed by atoms with van der Waals surface area (Å²) in [5, 5.41) is 13.0. The van der Waals surface area contributed by atoms with Crippen LogP contribution in [0.5, 0.6) is 0 Å². The number of nitrogens with zero attached hydrogens (tertiary/aromatic N) is 4. The molecule has 6 nitrogen and oxygen atoms in total. The number of rotatable bonds is 5. The summed E-state index contributed by atoms with van der Waals surface area (Å²) in [7, 11) is 0. The molecule has 0 bridgehead atoms. The number of amides is 1. The SMILES string of the molecule is O=C(NC[C@@H]1C[C@H](F)CN1Cc1nccs1)c1ccnnc1. The Morgan fingerprint density at radius 1 is 1.45 bits per heavy atom. The molecule has 2 aromatic rings. The van der Waals surface area contributed by atoms with Gasteiger partial charge in [0, 0.05) is 30.7 Å². The predicted octanol–water partition coefficient (Wildman–Crippen LogP) is 1.28. The molecule has 0 aliphatic carbocycles. The van der Waals surface area contributed by atoms with Crippen molar-refractivity contribution in [2.75, 3.05) is 13.1 Å². The van der Waals surface area contributed by atoms with E-state index in [0.717, 1.165) is 5.01 Å². The molecule has 8 heteroatoms. The zero-order chi connectivity index (χ0) is 15.4. The highest BCUT2D eigenvalue weighted by Gasteiger charge is 2.32. The Morgan fingerprint density at radius 3 is 3.09 bits per heavy atom. The Balaban J connectivity index is 1.57. The lowest BCUT2D eigenvalue weighted by Crippen LogP contribution is -2.39. The lowest BCUT2D eigenvalue weighted by Gasteiger charge is -2.23. The van der Waals surface area contributed by atoms with Gasteiger partial charge < -0.3 is 5.32 Å². The highest BCUT2D eigenvalue weighted by atomic mass is 32.1. The minimum Gasteiger partial charge on any atom is -0.350 e. The molecule has 2 aromatic heterocycles. The fourth-order valence-electron chi connectivity index (χ4n) is 2.57. The highest BCUT2D eigenvalue weighted by molar-refractivity contribution is 7.09. The molecule has 1 saturated heterocycles. The summed E-state index contributed by atoms with van der Waals surface area (Å²) in [4.78, 5) is 18.3. The number of carbonyl (C=O) groups is 1. The Hall–Kier alpha value is -1.93. The number of carbonyl (C=O) groups excluding carboxylic acids is 1. The maximum absolute atomic E-state index is 13.7. The van der Waals surface area contributed by atoms with Gasteiger partial charge in [-0.05, 0) is 12.5 Å². The summed E-state index contributed by atoms with van der Waals surface area (Å²) >= 11 is 1.56. The first-order chi connectivity index (χ1) is 10.7. The monoisotopic (exact) mass is 321 g/mol. The van der Waals surface area contributed by atoms with Crippen LogP contribution >= 0.6 is 11.3 Å². The van der Waals surface area contributed by atoms with Crippen LogP contribution in [-0.4, -0.2) is 51.3 Å². The van der Waals surface area contributed by atoms with Gasteiger partial charge in [-0.1, -0.05) is 0 Å². The molecular weight excluding hydrogens is 305 g/mol. The summed E-state index contributed by atoms with van der Waals surface area (Å²) in [5.41, 5.74) is 0.455. The maximum Gasteiger partial charge on any atom is 0.253 e. The summed E-state index contributed by atoms with van der Waals surface area (Å²) < 4.78 is 13.7. The van der Waals surface area contributed by atoms with Crippen molar-refractivity contribution in [2.24, 2.45) is 0 Å². The molecule has 0 unspecified atom stereocenters. The van der Waals surface area contributed by atoms with Crippen molar-refractivity contribution >= 4 is 17.2 Å². The van der Waals surface area contributed by atoms with E-state index in [9.17, 15) is 9.18 Å². The molecule has 1 amide bonds. The lowest BCUT2D eigenvalue weighted by atomic mass is 10.2. The first-order valence-electron chi connectivity index (χ1n) is 7.04. The third kappa shape index (κ3) is 3.63. The molecule has 1 aliphatic rings. The van der Waals surface area contributed by atoms with Crippen LogP contribution in [0.2, 0.25) is 0 Å². The van der Waals surface area contributed by atoms with Crippen molar-refractivity contribution in [1.82, 2.24) is 25.4 Å². The van der Waals surface area contributed by atoms with Crippen LogP contribution < -0.4 is 5.32 Å². The van der Waals surface area contributed by atoms with Gasteiger partial charge in [0.05, 0.1) is 24.5 Å². The highest BCUT2D eigenvalue weighted by Crippen LogP contribution is 2.23. The fourth-order valence-corrected chi connectivity index (χ4v) is 3.21. The molecular formula is C14H16FN5OS. The normalized spacial score (nSPS) is 21.9. The second-order valence-corrected chi connectivity index (χ2v) is 6.16. The molecule has 22 heavy (non-hydrogen) atoms. The summed E-state index contributed by atoms with van der Waals surface area (Å²) in [6.07, 6.45) is 4.20. The number of hydrogen-bond acceptors (Lipinski definition) is 6. The van der Waals surface area contributed by atoms with Crippen molar-refractivity contribution in [3.63, 3.8) is 0 Å². The zero-order valence-corrected chi connectivity index (χ0v) is 12.7. The molecule has 1 fully saturated rings. The molecule has 2 atom stereocenters. The van der Waals surface area contributed by atoms with E-state index in [0.29, 0.717) is 31.6 Å². The second-order valence-electron chi connectivity index (χ2n) is 5.18. The van der Waals surface area contributed by atoms with Crippen LogP contribution in [0.3, 0.4) is 0 Å². The Labute approximate surface area is 131 Å². The smallest absolute Gasteiger partial charge is 0.253 e. The molecule has 0 radical (unpaired) electrons. The van der Waals surface area contributed by atoms with Crippen molar-refractivity contribution in [3.05, 3.63) is 40.6 Å². The van der Waals surface area contributed by atoms with Gasteiger partial charge in [0.2, 0.25) is 0 Å². The van der Waals surface area contributed by atoms with Crippen LogP contribution in [0.25, 0.3) is 0 Å². The van der Waals surface area contributed by atoms with Crippen LogP contribution in [0.1, 0.15) is 21.8 Å². The van der Waals surface area contributed by atoms with Crippen molar-refractivity contribution < 1.29 is 9.18 Å². The van der Waals surface area contributed by atoms with Gasteiger partial charge in [-0.2, -0.15) is 10.2 Å². The van der Waals surface area contributed by atoms with E-state index in [1.165, 1.54) is 12.4 Å². The van der Waals surface area contributed by atoms with Gasteiger partial charge in [0.15, 0.2) is 0 Å². The van der Waals surface area contributed by atoms with Crippen LogP contribution in [0.4, 0.5) is 4.39 Å². The molecule has 1 N–H and O–H groups in total. The molecule has 1 aliphatic heterocycles. The van der Waals surface area contributed by atoms with E-state index in [1.54, 1.807) is 23.6 Å². The van der Waals surface area contributed by atoms with E-state index in [2.05, 4.69) is 20.5 Å². The maximum atomic E-state index is 13.7. The zero-order valence-electron chi connectivity index (χ0n) is 11.9. The topological polar surface area (TPSA) is 71.0 Å². The summed E-state index contributed by atoms with van der Waals surface area (Å²) in [6.45, 7) is 1.42. The number of aromatic nitrogens is 3. The van der Waals surface area contributed by atoms with Gasteiger partial charge >= 0.3 is 0 Å². The third-order valence-electron chi connectivity index (χ3n) is 3.64. The van der Waals surface area contributed by atoms with Gasteiger partial charge in [0.1, 0.15) is 11.2 Å². The van der Waals surface area contributed by atoms with Crippen LogP contribution in [0, 0.1) is 0 Å². The Morgan fingerprint density at radius 2 is 2.36 bits per heavy atom. The fraction of sp³-hybridized carbons (Fsp3) is 0.429. The molecule has 0 saturated carbocycles. The lowest BCUT2D eigenvalue weighted by molar-refractivity contribution is 0.0939. The van der Waals surface area contributed by atoms with Crippen LogP contribution in [0.15, 0.2) is 30.0 Å². The Kier molecular flexibility index (Phi) is 4.69. The molecule has 3 heterocycles. The van der Waals surface area contributed by atoms with E-state index in [4.69, 9.17) is 0 Å². The van der Waals surface area contributed by atoms with Gasteiger partial charge in [0.25, 0.3) is 5.91 Å². The number of nitrogens with one attached hydrogen (secondary N) is 1. The predicted molar refractivity (Wildman–Crippen MR) is 80.2 cm³/mol. The minimum absolute atomic E-state index is 0.0161. The molecule has 3 rings (SSSR count). The standard InChI is InChI=1S/C14H16FN5OS/c15-11-5-12(20(8-11)9-13-16-3-4-22-13)7-17-14(21)10-1-2-18-19-6-10/h1-4,6,11-12H,5,7-9H2,(H,17,21)/t11-,12-/m0/s1. The summed E-state index contributed by atoms with van der Waals surface area (Å²) in [6, 6.07) is 1.58. The molecule has 0 aromatic carbocycles. The number of thiazole rings is 1. The number of likely N-dealkylation sites (tertiary alicyclic amines) is 1. The van der Waals surface area contributed by atoms with E-state index < -0.39 is 6.17 Å². The van der Waals surface area contributed by atoms with Gasteiger partial charge in [-0.3, -0.25) is 9.69 Å². The largest absolute Gasteiger partial charge is 0.350 e. The number of hydrogen-bond donors (Lipinski definition) is 1. The first-order valence-corrected chi connectivity index (χ1v) is 7.91. The minimum atomic E-state index is -0.857. The van der Waals surface area contributed by atoms with E-state index in [1.807, 2.05) is 10.3 Å². The first kappa shape index (κ1) is 15.0. The van der Waals surface area contributed by atoms with Crippen molar-refractivity contribution in [2.45, 2.75) is 25.2 Å². The van der Waals surface area contributed by atoms with E-state index in [-0.39, 0.29) is 11.9 Å². The van der Waals surface area contributed by atoms with Crippen molar-refractivity contribution in [1.29, 1.82) is 0 Å².